The van der Waals surface area contributed by atoms with Gasteiger partial charge in [0.25, 0.3) is 5.91 Å². The van der Waals surface area contributed by atoms with Crippen LogP contribution in [0.3, 0.4) is 0 Å². The van der Waals surface area contributed by atoms with Gasteiger partial charge in [0.2, 0.25) is 0 Å². The molecule has 5 heteroatoms. The third-order valence-corrected chi connectivity index (χ3v) is 4.51. The highest BCUT2D eigenvalue weighted by Gasteiger charge is 2.30. The van der Waals surface area contributed by atoms with Crippen molar-refractivity contribution in [2.75, 3.05) is 33.9 Å². The molecular formula is C20H24N2O3. The zero-order valence-electron chi connectivity index (χ0n) is 14.7. The molecule has 1 atom stereocenters. The molecule has 0 aliphatic carbocycles. The molecule has 1 amide bonds. The number of nitrogens with zero attached hydrogens (tertiary/aromatic N) is 1. The van der Waals surface area contributed by atoms with E-state index in [9.17, 15) is 4.79 Å². The number of carbonyl (C=O) groups excluding carboxylic acids is 1. The Hall–Kier alpha value is -2.37. The number of methoxy groups -OCH3 is 2. The van der Waals surface area contributed by atoms with Gasteiger partial charge in [-0.3, -0.25) is 4.79 Å². The first kappa shape index (κ1) is 17.5. The van der Waals surface area contributed by atoms with Gasteiger partial charge in [-0.1, -0.05) is 30.3 Å². The molecule has 2 aromatic carbocycles. The van der Waals surface area contributed by atoms with Gasteiger partial charge in [0, 0.05) is 37.9 Å². The van der Waals surface area contributed by atoms with E-state index in [1.807, 2.05) is 53.4 Å². The molecule has 0 bridgehead atoms. The highest BCUT2D eigenvalue weighted by Crippen LogP contribution is 2.31. The molecule has 1 fully saturated rings. The molecule has 0 aromatic heterocycles. The van der Waals surface area contributed by atoms with E-state index in [2.05, 4.69) is 5.32 Å². The molecule has 0 spiro atoms. The van der Waals surface area contributed by atoms with Crippen LogP contribution in [-0.4, -0.2) is 44.7 Å². The number of para-hydroxylation sites is 1. The smallest absolute Gasteiger partial charge is 0.254 e. The van der Waals surface area contributed by atoms with Gasteiger partial charge in [-0.15, -0.1) is 0 Å². The predicted molar refractivity (Wildman–Crippen MR) is 96.8 cm³/mol. The van der Waals surface area contributed by atoms with Crippen LogP contribution in [0.1, 0.15) is 27.5 Å². The van der Waals surface area contributed by atoms with E-state index in [1.165, 1.54) is 0 Å². The number of hydrogen-bond donors (Lipinski definition) is 1. The van der Waals surface area contributed by atoms with Crippen molar-refractivity contribution in [1.29, 1.82) is 0 Å². The molecule has 2 aromatic rings. The number of piperazine rings is 1. The largest absolute Gasteiger partial charge is 0.496 e. The van der Waals surface area contributed by atoms with Crippen LogP contribution in [0.15, 0.2) is 48.5 Å². The van der Waals surface area contributed by atoms with Gasteiger partial charge >= 0.3 is 0 Å². The average Bonchev–Trinajstić information content (AvgIpc) is 2.68. The lowest BCUT2D eigenvalue weighted by Crippen LogP contribution is -2.48. The second-order valence-corrected chi connectivity index (χ2v) is 6.09. The lowest BCUT2D eigenvalue weighted by atomic mass is 10.0. The number of hydrogen-bond acceptors (Lipinski definition) is 4. The topological polar surface area (TPSA) is 50.8 Å². The molecular weight excluding hydrogens is 316 g/mol. The molecule has 3 rings (SSSR count). The maximum absolute atomic E-state index is 13.1. The number of rotatable bonds is 5. The summed E-state index contributed by atoms with van der Waals surface area (Å²) in [5.74, 6) is 0.853. The highest BCUT2D eigenvalue weighted by molar-refractivity contribution is 5.94. The summed E-state index contributed by atoms with van der Waals surface area (Å²) in [4.78, 5) is 15.0. The maximum Gasteiger partial charge on any atom is 0.254 e. The van der Waals surface area contributed by atoms with Crippen LogP contribution in [-0.2, 0) is 11.3 Å². The van der Waals surface area contributed by atoms with Gasteiger partial charge in [0.05, 0.1) is 19.8 Å². The Balaban J connectivity index is 1.86. The van der Waals surface area contributed by atoms with Crippen LogP contribution in [0, 0.1) is 0 Å². The van der Waals surface area contributed by atoms with Gasteiger partial charge in [-0.2, -0.15) is 0 Å². The fourth-order valence-corrected chi connectivity index (χ4v) is 3.24. The summed E-state index contributed by atoms with van der Waals surface area (Å²) in [6, 6.07) is 15.5. The molecule has 1 heterocycles. The number of carbonyl (C=O) groups is 1. The fourth-order valence-electron chi connectivity index (χ4n) is 3.24. The predicted octanol–water partition coefficient (Wildman–Crippen LogP) is 2.63. The van der Waals surface area contributed by atoms with Crippen molar-refractivity contribution in [1.82, 2.24) is 10.2 Å². The van der Waals surface area contributed by atoms with E-state index >= 15 is 0 Å². The minimum Gasteiger partial charge on any atom is -0.496 e. The Labute approximate surface area is 148 Å². The molecule has 5 nitrogen and oxygen atoms in total. The first-order valence-electron chi connectivity index (χ1n) is 8.47. The van der Waals surface area contributed by atoms with Crippen molar-refractivity contribution in [3.05, 3.63) is 65.2 Å². The highest BCUT2D eigenvalue weighted by atomic mass is 16.5. The van der Waals surface area contributed by atoms with Crippen LogP contribution >= 0.6 is 0 Å². The molecule has 1 saturated heterocycles. The average molecular weight is 340 g/mol. The van der Waals surface area contributed by atoms with E-state index in [4.69, 9.17) is 9.47 Å². The molecule has 0 radical (unpaired) electrons. The maximum atomic E-state index is 13.1. The second-order valence-electron chi connectivity index (χ2n) is 6.09. The van der Waals surface area contributed by atoms with Crippen molar-refractivity contribution in [2.24, 2.45) is 0 Å². The van der Waals surface area contributed by atoms with Crippen molar-refractivity contribution in [3.8, 4) is 5.75 Å². The summed E-state index contributed by atoms with van der Waals surface area (Å²) in [5, 5.41) is 3.38. The Morgan fingerprint density at radius 1 is 1.16 bits per heavy atom. The van der Waals surface area contributed by atoms with Crippen LogP contribution < -0.4 is 10.1 Å². The molecule has 1 unspecified atom stereocenters. The Morgan fingerprint density at radius 3 is 2.64 bits per heavy atom. The van der Waals surface area contributed by atoms with Crippen LogP contribution in [0.4, 0.5) is 0 Å². The van der Waals surface area contributed by atoms with Gasteiger partial charge < -0.3 is 19.7 Å². The van der Waals surface area contributed by atoms with Crippen molar-refractivity contribution < 1.29 is 14.3 Å². The number of amides is 1. The van der Waals surface area contributed by atoms with E-state index < -0.39 is 0 Å². The van der Waals surface area contributed by atoms with E-state index in [0.717, 1.165) is 23.4 Å². The van der Waals surface area contributed by atoms with Crippen LogP contribution in [0.2, 0.25) is 0 Å². The summed E-state index contributed by atoms with van der Waals surface area (Å²) in [6.07, 6.45) is 0. The zero-order valence-corrected chi connectivity index (χ0v) is 14.7. The molecule has 0 saturated carbocycles. The van der Waals surface area contributed by atoms with Crippen LogP contribution in [0.5, 0.6) is 5.75 Å². The van der Waals surface area contributed by atoms with E-state index in [0.29, 0.717) is 25.3 Å². The lowest BCUT2D eigenvalue weighted by Gasteiger charge is -2.37. The van der Waals surface area contributed by atoms with Crippen molar-refractivity contribution >= 4 is 5.91 Å². The first-order chi connectivity index (χ1) is 12.2. The van der Waals surface area contributed by atoms with Gasteiger partial charge in [-0.25, -0.2) is 0 Å². The Morgan fingerprint density at radius 2 is 1.92 bits per heavy atom. The summed E-state index contributed by atoms with van der Waals surface area (Å²) in [7, 11) is 3.33. The molecule has 1 aliphatic heterocycles. The van der Waals surface area contributed by atoms with Gasteiger partial charge in [-0.05, 0) is 23.8 Å². The molecule has 1 aliphatic rings. The summed E-state index contributed by atoms with van der Waals surface area (Å²) < 4.78 is 10.6. The van der Waals surface area contributed by atoms with E-state index in [-0.39, 0.29) is 11.9 Å². The second kappa shape index (κ2) is 8.14. The fraction of sp³-hybridized carbons (Fsp3) is 0.350. The van der Waals surface area contributed by atoms with Crippen molar-refractivity contribution in [3.63, 3.8) is 0 Å². The third-order valence-electron chi connectivity index (χ3n) is 4.51. The molecule has 1 N–H and O–H groups in total. The molecule has 132 valence electrons. The van der Waals surface area contributed by atoms with E-state index in [1.54, 1.807) is 14.2 Å². The SMILES string of the molecule is COCc1ccc(C(=O)N2CCNCC2c2ccccc2OC)cc1. The number of benzene rings is 2. The minimum absolute atomic E-state index is 0.0429. The van der Waals surface area contributed by atoms with Gasteiger partial charge in [0.1, 0.15) is 5.75 Å². The summed E-state index contributed by atoms with van der Waals surface area (Å²) in [6.45, 7) is 2.72. The Kier molecular flexibility index (Phi) is 5.68. The lowest BCUT2D eigenvalue weighted by molar-refractivity contribution is 0.0631. The summed E-state index contributed by atoms with van der Waals surface area (Å²) >= 11 is 0. The standard InChI is InChI=1S/C20H24N2O3/c1-24-14-15-7-9-16(10-8-15)20(23)22-12-11-21-13-18(22)17-5-3-4-6-19(17)25-2/h3-10,18,21H,11-14H2,1-2H3. The quantitative estimate of drug-likeness (QED) is 0.909. The number of ether oxygens (including phenoxy) is 2. The van der Waals surface area contributed by atoms with Crippen LogP contribution in [0.25, 0.3) is 0 Å². The van der Waals surface area contributed by atoms with Crippen molar-refractivity contribution in [2.45, 2.75) is 12.6 Å². The normalized spacial score (nSPS) is 17.4. The third kappa shape index (κ3) is 3.83. The first-order valence-corrected chi connectivity index (χ1v) is 8.47. The Bertz CT molecular complexity index is 715. The number of nitrogens with one attached hydrogen (secondary N) is 1. The minimum atomic E-state index is -0.0453. The monoisotopic (exact) mass is 340 g/mol. The zero-order chi connectivity index (χ0) is 17.6. The summed E-state index contributed by atoms with van der Waals surface area (Å²) in [5.41, 5.74) is 2.78. The molecule has 25 heavy (non-hydrogen) atoms. The van der Waals surface area contributed by atoms with Gasteiger partial charge in [0.15, 0.2) is 0 Å².